The summed E-state index contributed by atoms with van der Waals surface area (Å²) >= 11 is 0. The summed E-state index contributed by atoms with van der Waals surface area (Å²) in [5, 5.41) is 15.6. The number of aliphatic hydroxyl groups excluding tert-OH is 1. The van der Waals surface area contributed by atoms with Crippen LogP contribution < -0.4 is 4.90 Å². The van der Waals surface area contributed by atoms with Crippen LogP contribution in [0.3, 0.4) is 0 Å². The standard InChI is InChI=1S/C27H24N2O5/c1-15-13-21(28-34-15)29-23(16-9-11-18(12-10-16)27(2,3)4)22(25(31)26(29)32)24(30)20-14-17-7-5-6-8-19(17)33-20/h5-14,23,31H,1-4H3/t23-/m1/s1. The van der Waals surface area contributed by atoms with Gasteiger partial charge in [0, 0.05) is 11.5 Å². The maximum absolute atomic E-state index is 13.6. The van der Waals surface area contributed by atoms with Crippen molar-refractivity contribution in [3.63, 3.8) is 0 Å². The first kappa shape index (κ1) is 21.7. The van der Waals surface area contributed by atoms with Crippen LogP contribution in [-0.2, 0) is 10.2 Å². The number of Topliss-reactive ketones (excluding diaryl/α,β-unsaturated/α-hetero) is 1. The zero-order valence-corrected chi connectivity index (χ0v) is 19.3. The molecule has 0 saturated carbocycles. The van der Waals surface area contributed by atoms with Crippen molar-refractivity contribution in [1.29, 1.82) is 0 Å². The Morgan fingerprint density at radius 2 is 1.76 bits per heavy atom. The highest BCUT2D eigenvalue weighted by Gasteiger charge is 2.46. The Bertz CT molecular complexity index is 1420. The number of para-hydroxylation sites is 1. The maximum atomic E-state index is 13.6. The van der Waals surface area contributed by atoms with E-state index in [-0.39, 0.29) is 22.6 Å². The highest BCUT2D eigenvalue weighted by molar-refractivity contribution is 6.20. The fourth-order valence-electron chi connectivity index (χ4n) is 4.25. The number of benzene rings is 2. The van der Waals surface area contributed by atoms with Gasteiger partial charge in [-0.2, -0.15) is 0 Å². The third kappa shape index (κ3) is 3.50. The average Bonchev–Trinajstić information content (AvgIpc) is 3.49. The van der Waals surface area contributed by atoms with E-state index in [2.05, 4.69) is 25.9 Å². The van der Waals surface area contributed by atoms with Crippen molar-refractivity contribution < 1.29 is 23.6 Å². The van der Waals surface area contributed by atoms with Gasteiger partial charge in [0.2, 0.25) is 5.78 Å². The molecule has 2 aromatic carbocycles. The summed E-state index contributed by atoms with van der Waals surface area (Å²) in [5.41, 5.74) is 2.17. The van der Waals surface area contributed by atoms with Crippen molar-refractivity contribution in [2.45, 2.75) is 39.2 Å². The van der Waals surface area contributed by atoms with Crippen LogP contribution in [-0.4, -0.2) is 22.0 Å². The number of rotatable bonds is 4. The molecule has 2 aromatic heterocycles. The van der Waals surface area contributed by atoms with Crippen molar-refractivity contribution in [1.82, 2.24) is 5.16 Å². The van der Waals surface area contributed by atoms with Crippen LogP contribution in [0.4, 0.5) is 5.82 Å². The maximum Gasteiger partial charge on any atom is 0.295 e. The summed E-state index contributed by atoms with van der Waals surface area (Å²) in [7, 11) is 0. The van der Waals surface area contributed by atoms with E-state index >= 15 is 0 Å². The van der Waals surface area contributed by atoms with Gasteiger partial charge in [0.1, 0.15) is 11.3 Å². The second-order valence-electron chi connectivity index (χ2n) is 9.49. The first-order valence-corrected chi connectivity index (χ1v) is 11.0. The molecule has 0 spiro atoms. The van der Waals surface area contributed by atoms with E-state index in [9.17, 15) is 14.7 Å². The summed E-state index contributed by atoms with van der Waals surface area (Å²) in [6, 6.07) is 17.2. The number of ketones is 1. The number of nitrogens with zero attached hydrogens (tertiary/aromatic N) is 2. The first-order valence-electron chi connectivity index (χ1n) is 11.0. The molecule has 1 aliphatic heterocycles. The zero-order valence-electron chi connectivity index (χ0n) is 19.3. The van der Waals surface area contributed by atoms with Crippen molar-refractivity contribution in [3.8, 4) is 0 Å². The van der Waals surface area contributed by atoms with Gasteiger partial charge in [0.15, 0.2) is 17.3 Å². The van der Waals surface area contributed by atoms with Crippen LogP contribution in [0.25, 0.3) is 11.0 Å². The minimum Gasteiger partial charge on any atom is -0.503 e. The number of hydrogen-bond acceptors (Lipinski definition) is 6. The molecule has 1 N–H and O–H groups in total. The minimum atomic E-state index is -0.897. The number of fused-ring (bicyclic) bond motifs is 1. The third-order valence-electron chi connectivity index (χ3n) is 6.06. The Hall–Kier alpha value is -4.13. The normalized spacial score (nSPS) is 16.6. The molecule has 0 radical (unpaired) electrons. The molecule has 4 aromatic rings. The molecule has 7 nitrogen and oxygen atoms in total. The fourth-order valence-corrected chi connectivity index (χ4v) is 4.25. The molecule has 172 valence electrons. The largest absolute Gasteiger partial charge is 0.503 e. The number of aryl methyl sites for hydroxylation is 1. The van der Waals surface area contributed by atoms with E-state index in [1.165, 1.54) is 4.90 Å². The summed E-state index contributed by atoms with van der Waals surface area (Å²) in [4.78, 5) is 28.1. The number of carbonyl (C=O) groups is 2. The molecule has 1 atom stereocenters. The summed E-state index contributed by atoms with van der Waals surface area (Å²) in [6.07, 6.45) is 0. The molecule has 0 fully saturated rings. The van der Waals surface area contributed by atoms with E-state index in [4.69, 9.17) is 8.94 Å². The van der Waals surface area contributed by atoms with Crippen LogP contribution in [0.15, 0.2) is 80.9 Å². The number of anilines is 1. The number of aromatic nitrogens is 1. The Kier molecular flexibility index (Phi) is 4.93. The summed E-state index contributed by atoms with van der Waals surface area (Å²) in [6.45, 7) is 8.02. The van der Waals surface area contributed by atoms with Gasteiger partial charge >= 0.3 is 0 Å². The Labute approximate surface area is 196 Å². The topological polar surface area (TPSA) is 96.8 Å². The van der Waals surface area contributed by atoms with E-state index in [1.54, 1.807) is 25.1 Å². The lowest BCUT2D eigenvalue weighted by atomic mass is 9.85. The Morgan fingerprint density at radius 3 is 2.38 bits per heavy atom. The van der Waals surface area contributed by atoms with Crippen LogP contribution in [0.2, 0.25) is 0 Å². The van der Waals surface area contributed by atoms with Gasteiger partial charge in [-0.3, -0.25) is 14.5 Å². The summed E-state index contributed by atoms with van der Waals surface area (Å²) < 4.78 is 10.9. The molecule has 0 saturated heterocycles. The zero-order chi connectivity index (χ0) is 24.2. The molecular formula is C27H24N2O5. The lowest BCUT2D eigenvalue weighted by Crippen LogP contribution is -2.31. The van der Waals surface area contributed by atoms with E-state index in [0.717, 1.165) is 10.9 Å². The van der Waals surface area contributed by atoms with Crippen LogP contribution in [0.1, 0.15) is 54.3 Å². The molecule has 3 heterocycles. The molecule has 7 heteroatoms. The fraction of sp³-hybridized carbons (Fsp3) is 0.222. The molecule has 1 amide bonds. The Balaban J connectivity index is 1.64. The minimum absolute atomic E-state index is 0.0463. The van der Waals surface area contributed by atoms with Crippen LogP contribution >= 0.6 is 0 Å². The summed E-state index contributed by atoms with van der Waals surface area (Å²) in [5.74, 6) is -1.15. The van der Waals surface area contributed by atoms with E-state index in [0.29, 0.717) is 16.9 Å². The molecular weight excluding hydrogens is 432 g/mol. The smallest absolute Gasteiger partial charge is 0.295 e. The second kappa shape index (κ2) is 7.73. The predicted octanol–water partition coefficient (Wildman–Crippen LogP) is 5.81. The van der Waals surface area contributed by atoms with Crippen molar-refractivity contribution in [3.05, 3.63) is 94.6 Å². The highest BCUT2D eigenvalue weighted by atomic mass is 16.5. The molecule has 0 bridgehead atoms. The SMILES string of the molecule is Cc1cc(N2C(=O)C(O)=C(C(=O)c3cc4ccccc4o3)[C@H]2c2ccc(C(C)(C)C)cc2)no1. The molecule has 0 aliphatic carbocycles. The lowest BCUT2D eigenvalue weighted by molar-refractivity contribution is -0.117. The molecule has 34 heavy (non-hydrogen) atoms. The molecule has 5 rings (SSSR count). The van der Waals surface area contributed by atoms with E-state index in [1.807, 2.05) is 42.5 Å². The van der Waals surface area contributed by atoms with Gasteiger partial charge in [-0.05, 0) is 35.6 Å². The highest BCUT2D eigenvalue weighted by Crippen LogP contribution is 2.42. The lowest BCUT2D eigenvalue weighted by Gasteiger charge is -2.25. The van der Waals surface area contributed by atoms with Gasteiger partial charge in [0.25, 0.3) is 5.91 Å². The molecule has 0 unspecified atom stereocenters. The predicted molar refractivity (Wildman–Crippen MR) is 127 cm³/mol. The van der Waals surface area contributed by atoms with Crippen molar-refractivity contribution in [2.75, 3.05) is 4.90 Å². The van der Waals surface area contributed by atoms with Gasteiger partial charge in [-0.15, -0.1) is 0 Å². The number of furan rings is 1. The number of aliphatic hydroxyl groups is 1. The monoisotopic (exact) mass is 456 g/mol. The number of hydrogen-bond donors (Lipinski definition) is 1. The van der Waals surface area contributed by atoms with Gasteiger partial charge in [0.05, 0.1) is 11.6 Å². The number of amides is 1. The Morgan fingerprint density at radius 1 is 1.06 bits per heavy atom. The van der Waals surface area contributed by atoms with Crippen molar-refractivity contribution >= 4 is 28.5 Å². The van der Waals surface area contributed by atoms with Gasteiger partial charge in [-0.25, -0.2) is 0 Å². The van der Waals surface area contributed by atoms with Crippen LogP contribution in [0, 0.1) is 6.92 Å². The average molecular weight is 456 g/mol. The van der Waals surface area contributed by atoms with Gasteiger partial charge < -0.3 is 14.0 Å². The first-order chi connectivity index (χ1) is 16.1. The van der Waals surface area contributed by atoms with Crippen LogP contribution in [0.5, 0.6) is 0 Å². The molecule has 1 aliphatic rings. The van der Waals surface area contributed by atoms with E-state index < -0.39 is 23.5 Å². The van der Waals surface area contributed by atoms with Crippen molar-refractivity contribution in [2.24, 2.45) is 0 Å². The quantitative estimate of drug-likeness (QED) is 0.389. The van der Waals surface area contributed by atoms with Gasteiger partial charge in [-0.1, -0.05) is 68.4 Å². The number of carbonyl (C=O) groups excluding carboxylic acids is 2. The third-order valence-corrected chi connectivity index (χ3v) is 6.06. The second-order valence-corrected chi connectivity index (χ2v) is 9.49.